The molecule has 1 rings (SSSR count). The first-order chi connectivity index (χ1) is 7.99. The second kappa shape index (κ2) is 6.34. The molecule has 0 saturated carbocycles. The Hall–Kier alpha value is -1.43. The van der Waals surface area contributed by atoms with Crippen molar-refractivity contribution >= 4 is 23.2 Å². The van der Waals surface area contributed by atoms with Gasteiger partial charge in [0.25, 0.3) is 0 Å². The van der Waals surface area contributed by atoms with Crippen molar-refractivity contribution in [3.63, 3.8) is 0 Å². The SMILES string of the molecule is Cc1nc(CC(=O)NCCC(=O)N(C)C)cs1. The number of thiazole rings is 1. The highest BCUT2D eigenvalue weighted by molar-refractivity contribution is 7.09. The number of amides is 2. The first-order valence-electron chi connectivity index (χ1n) is 5.37. The number of nitrogens with zero attached hydrogens (tertiary/aromatic N) is 2. The molecule has 1 aromatic heterocycles. The van der Waals surface area contributed by atoms with Crippen LogP contribution in [0.1, 0.15) is 17.1 Å². The minimum Gasteiger partial charge on any atom is -0.355 e. The molecule has 0 aromatic carbocycles. The highest BCUT2D eigenvalue weighted by Crippen LogP contribution is 2.08. The van der Waals surface area contributed by atoms with Crippen molar-refractivity contribution in [1.82, 2.24) is 15.2 Å². The van der Waals surface area contributed by atoms with Crippen LogP contribution in [0, 0.1) is 6.92 Å². The summed E-state index contributed by atoms with van der Waals surface area (Å²) in [5.74, 6) is -0.0864. The summed E-state index contributed by atoms with van der Waals surface area (Å²) in [6, 6.07) is 0. The quantitative estimate of drug-likeness (QED) is 0.837. The predicted molar refractivity (Wildman–Crippen MR) is 66.9 cm³/mol. The Balaban J connectivity index is 2.24. The molecule has 0 radical (unpaired) electrons. The molecule has 0 atom stereocenters. The summed E-state index contributed by atoms with van der Waals surface area (Å²) >= 11 is 1.53. The Morgan fingerprint density at radius 2 is 2.18 bits per heavy atom. The molecule has 0 aliphatic carbocycles. The lowest BCUT2D eigenvalue weighted by Crippen LogP contribution is -2.31. The van der Waals surface area contributed by atoms with E-state index in [1.54, 1.807) is 14.1 Å². The van der Waals surface area contributed by atoms with E-state index in [9.17, 15) is 9.59 Å². The molecule has 0 bridgehead atoms. The van der Waals surface area contributed by atoms with Gasteiger partial charge in [0.1, 0.15) is 0 Å². The van der Waals surface area contributed by atoms with Gasteiger partial charge in [-0.2, -0.15) is 0 Å². The fourth-order valence-corrected chi connectivity index (χ4v) is 1.86. The highest BCUT2D eigenvalue weighted by Gasteiger charge is 2.08. The van der Waals surface area contributed by atoms with E-state index in [1.807, 2.05) is 12.3 Å². The van der Waals surface area contributed by atoms with Gasteiger partial charge in [-0.15, -0.1) is 11.3 Å². The van der Waals surface area contributed by atoms with Crippen molar-refractivity contribution in [2.24, 2.45) is 0 Å². The molecule has 1 heterocycles. The van der Waals surface area contributed by atoms with Crippen molar-refractivity contribution in [3.05, 3.63) is 16.1 Å². The number of aromatic nitrogens is 1. The molecule has 0 fully saturated rings. The molecule has 1 aromatic rings. The Morgan fingerprint density at radius 1 is 1.47 bits per heavy atom. The maximum absolute atomic E-state index is 11.5. The van der Waals surface area contributed by atoms with Gasteiger partial charge in [-0.25, -0.2) is 4.98 Å². The minimum absolute atomic E-state index is 0.00908. The van der Waals surface area contributed by atoms with Gasteiger partial charge in [0.05, 0.1) is 17.1 Å². The number of aryl methyl sites for hydroxylation is 1. The molecule has 1 N–H and O–H groups in total. The topological polar surface area (TPSA) is 62.3 Å². The van der Waals surface area contributed by atoms with Crippen molar-refractivity contribution in [2.45, 2.75) is 19.8 Å². The fraction of sp³-hybridized carbons (Fsp3) is 0.545. The second-order valence-corrected chi connectivity index (χ2v) is 4.98. The maximum Gasteiger partial charge on any atom is 0.226 e. The number of carbonyl (C=O) groups excluding carboxylic acids is 2. The lowest BCUT2D eigenvalue weighted by atomic mass is 10.3. The zero-order valence-electron chi connectivity index (χ0n) is 10.3. The Bertz CT molecular complexity index is 401. The van der Waals surface area contributed by atoms with Crippen molar-refractivity contribution in [3.8, 4) is 0 Å². The number of nitrogens with one attached hydrogen (secondary N) is 1. The van der Waals surface area contributed by atoms with Crippen LogP contribution >= 0.6 is 11.3 Å². The monoisotopic (exact) mass is 255 g/mol. The van der Waals surface area contributed by atoms with E-state index >= 15 is 0 Å². The van der Waals surface area contributed by atoms with Crippen LogP contribution in [0.2, 0.25) is 0 Å². The summed E-state index contributed by atoms with van der Waals surface area (Å²) in [5.41, 5.74) is 0.781. The van der Waals surface area contributed by atoms with Crippen LogP contribution in [-0.2, 0) is 16.0 Å². The third kappa shape index (κ3) is 4.95. The molecule has 0 aliphatic rings. The van der Waals surface area contributed by atoms with Gasteiger partial charge >= 0.3 is 0 Å². The average Bonchev–Trinajstić information content (AvgIpc) is 2.63. The normalized spacial score (nSPS) is 10.1. The lowest BCUT2D eigenvalue weighted by Gasteiger charge is -2.10. The van der Waals surface area contributed by atoms with Crippen LogP contribution in [0.5, 0.6) is 0 Å². The molecule has 94 valence electrons. The largest absolute Gasteiger partial charge is 0.355 e. The molecule has 5 nitrogen and oxygen atoms in total. The molecular weight excluding hydrogens is 238 g/mol. The third-order valence-electron chi connectivity index (χ3n) is 2.17. The van der Waals surface area contributed by atoms with Gasteiger partial charge in [-0.3, -0.25) is 9.59 Å². The van der Waals surface area contributed by atoms with Gasteiger partial charge < -0.3 is 10.2 Å². The van der Waals surface area contributed by atoms with E-state index in [0.717, 1.165) is 10.7 Å². The number of hydrogen-bond donors (Lipinski definition) is 1. The Kier molecular flexibility index (Phi) is 5.09. The number of carbonyl (C=O) groups is 2. The van der Waals surface area contributed by atoms with E-state index in [1.165, 1.54) is 16.2 Å². The Morgan fingerprint density at radius 3 is 2.71 bits per heavy atom. The van der Waals surface area contributed by atoms with E-state index in [0.29, 0.717) is 13.0 Å². The van der Waals surface area contributed by atoms with Gasteiger partial charge in [0.2, 0.25) is 11.8 Å². The van der Waals surface area contributed by atoms with E-state index < -0.39 is 0 Å². The molecule has 17 heavy (non-hydrogen) atoms. The molecule has 0 unspecified atom stereocenters. The number of rotatable bonds is 5. The minimum atomic E-state index is -0.0955. The van der Waals surface area contributed by atoms with Crippen molar-refractivity contribution in [1.29, 1.82) is 0 Å². The molecular formula is C11H17N3O2S. The molecule has 2 amide bonds. The lowest BCUT2D eigenvalue weighted by molar-refractivity contribution is -0.128. The van der Waals surface area contributed by atoms with Crippen molar-refractivity contribution in [2.75, 3.05) is 20.6 Å². The van der Waals surface area contributed by atoms with Crippen LogP contribution in [0.3, 0.4) is 0 Å². The average molecular weight is 255 g/mol. The van der Waals surface area contributed by atoms with Gasteiger partial charge in [0.15, 0.2) is 0 Å². The van der Waals surface area contributed by atoms with Crippen LogP contribution in [-0.4, -0.2) is 42.3 Å². The summed E-state index contributed by atoms with van der Waals surface area (Å²) in [6.07, 6.45) is 0.606. The fourth-order valence-electron chi connectivity index (χ4n) is 1.25. The molecule has 6 heteroatoms. The van der Waals surface area contributed by atoms with E-state index in [2.05, 4.69) is 10.3 Å². The summed E-state index contributed by atoms with van der Waals surface area (Å²) in [7, 11) is 3.39. The first kappa shape index (κ1) is 13.6. The first-order valence-corrected chi connectivity index (χ1v) is 6.25. The molecule has 0 saturated heterocycles. The van der Waals surface area contributed by atoms with Crippen LogP contribution in [0.4, 0.5) is 0 Å². The zero-order valence-corrected chi connectivity index (χ0v) is 11.1. The Labute approximate surface area is 105 Å². The highest BCUT2D eigenvalue weighted by atomic mass is 32.1. The number of hydrogen-bond acceptors (Lipinski definition) is 4. The smallest absolute Gasteiger partial charge is 0.226 e. The van der Waals surface area contributed by atoms with Crippen LogP contribution in [0.15, 0.2) is 5.38 Å². The summed E-state index contributed by atoms with van der Waals surface area (Å²) < 4.78 is 0. The predicted octanol–water partition coefficient (Wildman–Crippen LogP) is 0.589. The molecule has 0 spiro atoms. The summed E-state index contributed by atoms with van der Waals surface area (Å²) in [6.45, 7) is 2.28. The van der Waals surface area contributed by atoms with Gasteiger partial charge in [-0.1, -0.05) is 0 Å². The maximum atomic E-state index is 11.5. The van der Waals surface area contributed by atoms with Crippen LogP contribution in [0.25, 0.3) is 0 Å². The molecule has 0 aliphatic heterocycles. The summed E-state index contributed by atoms with van der Waals surface area (Å²) in [4.78, 5) is 28.5. The van der Waals surface area contributed by atoms with E-state index in [-0.39, 0.29) is 18.2 Å². The van der Waals surface area contributed by atoms with Crippen LogP contribution < -0.4 is 5.32 Å². The van der Waals surface area contributed by atoms with E-state index in [4.69, 9.17) is 0 Å². The van der Waals surface area contributed by atoms with Gasteiger partial charge in [-0.05, 0) is 6.92 Å². The third-order valence-corrected chi connectivity index (χ3v) is 2.99. The zero-order chi connectivity index (χ0) is 12.8. The summed E-state index contributed by atoms with van der Waals surface area (Å²) in [5, 5.41) is 5.53. The van der Waals surface area contributed by atoms with Crippen molar-refractivity contribution < 1.29 is 9.59 Å². The standard InChI is InChI=1S/C11H17N3O2S/c1-8-13-9(7-17-8)6-10(15)12-5-4-11(16)14(2)3/h7H,4-6H2,1-3H3,(H,12,15). The second-order valence-electron chi connectivity index (χ2n) is 3.92. The van der Waals surface area contributed by atoms with Gasteiger partial charge in [0, 0.05) is 32.4 Å².